The Balaban J connectivity index is 1.88. The number of benzene rings is 2. The second-order valence-corrected chi connectivity index (χ2v) is 14.0. The fourth-order valence-electron chi connectivity index (χ4n) is 5.67. The lowest BCUT2D eigenvalue weighted by Crippen LogP contribution is -2.67. The maximum absolute atomic E-state index is 13.7. The molecule has 58 heavy (non-hydrogen) atoms. The molecular formula is C35H37F3O19S. The fourth-order valence-corrected chi connectivity index (χ4v) is 6.27. The number of rotatable bonds is 14. The van der Waals surface area contributed by atoms with Gasteiger partial charge in [0, 0.05) is 27.7 Å². The average Bonchev–Trinajstić information content (AvgIpc) is 3.14. The Kier molecular flexibility index (Phi) is 15.3. The van der Waals surface area contributed by atoms with Crippen LogP contribution in [-0.4, -0.2) is 129 Å². The number of carbonyl (C=O) groups is 6. The molecule has 0 radical (unpaired) electrons. The zero-order valence-electron chi connectivity index (χ0n) is 30.8. The molecule has 2 aliphatic rings. The van der Waals surface area contributed by atoms with Crippen LogP contribution in [-0.2, 0) is 76.1 Å². The number of esters is 6. The zero-order valence-corrected chi connectivity index (χ0v) is 31.6. The van der Waals surface area contributed by atoms with Gasteiger partial charge in [-0.1, -0.05) is 36.4 Å². The van der Waals surface area contributed by atoms with Crippen LogP contribution < -0.4 is 0 Å². The van der Waals surface area contributed by atoms with Gasteiger partial charge in [-0.15, -0.1) is 0 Å². The summed E-state index contributed by atoms with van der Waals surface area (Å²) in [5.74, 6) is -6.39. The standard InChI is InChI=1S/C35H37F3O19S/c1-17(39)48-15-24-25(50-18(2)40)28(51-19(3)41)30(52-20(4)42)34(54-24)56-26-23(16-49-31(43)21-11-7-5-8-12-21)53-33(45)29(57-58(46,47)35(36,37)38)27(26)55-32(44)22-13-9-6-10-14-22/h5-14,23-30,33-34,45H,15-16H2,1-4H3. The van der Waals surface area contributed by atoms with Crippen molar-refractivity contribution in [3.63, 3.8) is 0 Å². The van der Waals surface area contributed by atoms with Crippen molar-refractivity contribution in [2.75, 3.05) is 13.2 Å². The van der Waals surface area contributed by atoms with Crippen LogP contribution in [0.3, 0.4) is 0 Å². The van der Waals surface area contributed by atoms with E-state index >= 15 is 0 Å². The number of aliphatic hydroxyl groups is 1. The van der Waals surface area contributed by atoms with Crippen molar-refractivity contribution in [3.05, 3.63) is 71.8 Å². The molecule has 0 bridgehead atoms. The highest BCUT2D eigenvalue weighted by Crippen LogP contribution is 2.37. The Morgan fingerprint density at radius 1 is 0.603 bits per heavy atom. The van der Waals surface area contributed by atoms with E-state index in [2.05, 4.69) is 4.18 Å². The molecule has 2 aliphatic heterocycles. The van der Waals surface area contributed by atoms with Crippen molar-refractivity contribution in [1.29, 1.82) is 0 Å². The van der Waals surface area contributed by atoms with Gasteiger partial charge in [0.15, 0.2) is 43.1 Å². The molecular weight excluding hydrogens is 813 g/mol. The van der Waals surface area contributed by atoms with Gasteiger partial charge in [0.25, 0.3) is 0 Å². The van der Waals surface area contributed by atoms with Gasteiger partial charge in [-0.2, -0.15) is 21.6 Å². The summed E-state index contributed by atoms with van der Waals surface area (Å²) in [4.78, 5) is 75.3. The monoisotopic (exact) mass is 850 g/mol. The molecule has 2 saturated heterocycles. The average molecular weight is 851 g/mol. The Morgan fingerprint density at radius 2 is 1.07 bits per heavy atom. The van der Waals surface area contributed by atoms with Crippen molar-refractivity contribution in [2.24, 2.45) is 0 Å². The Bertz CT molecular complexity index is 1890. The molecule has 0 amide bonds. The van der Waals surface area contributed by atoms with E-state index in [1.165, 1.54) is 54.6 Å². The minimum absolute atomic E-state index is 0.0135. The largest absolute Gasteiger partial charge is 0.523 e. The molecule has 2 heterocycles. The van der Waals surface area contributed by atoms with Gasteiger partial charge in [-0.05, 0) is 24.3 Å². The molecule has 19 nitrogen and oxygen atoms in total. The van der Waals surface area contributed by atoms with Gasteiger partial charge in [-0.3, -0.25) is 23.4 Å². The molecule has 318 valence electrons. The highest BCUT2D eigenvalue weighted by Gasteiger charge is 2.59. The molecule has 0 aromatic heterocycles. The summed E-state index contributed by atoms with van der Waals surface area (Å²) in [5.41, 5.74) is -6.36. The molecule has 2 fully saturated rings. The fraction of sp³-hybridized carbons (Fsp3) is 0.486. The van der Waals surface area contributed by atoms with Crippen LogP contribution in [0.2, 0.25) is 0 Å². The molecule has 2 aromatic carbocycles. The first-order chi connectivity index (χ1) is 27.2. The van der Waals surface area contributed by atoms with Crippen LogP contribution in [0.4, 0.5) is 13.2 Å². The lowest BCUT2D eigenvalue weighted by molar-refractivity contribution is -0.353. The van der Waals surface area contributed by atoms with Crippen LogP contribution in [0, 0.1) is 0 Å². The predicted octanol–water partition coefficient (Wildman–Crippen LogP) is 1.49. The van der Waals surface area contributed by atoms with Crippen molar-refractivity contribution in [3.8, 4) is 0 Å². The number of aliphatic hydroxyl groups excluding tert-OH is 1. The van der Waals surface area contributed by atoms with Crippen molar-refractivity contribution >= 4 is 45.9 Å². The molecule has 1 N–H and O–H groups in total. The SMILES string of the molecule is CC(=O)OCC1OC(OC2C(COC(=O)c3ccccc3)OC(O)C(OS(=O)(=O)C(F)(F)F)C2OC(=O)c2ccccc2)C(OC(C)=O)C(OC(C)=O)C1OC(C)=O. The van der Waals surface area contributed by atoms with E-state index in [1.54, 1.807) is 6.07 Å². The number of halogens is 3. The first kappa shape index (κ1) is 45.5. The Morgan fingerprint density at radius 3 is 1.59 bits per heavy atom. The molecule has 0 spiro atoms. The van der Waals surface area contributed by atoms with Crippen molar-refractivity contribution < 1.29 is 102 Å². The minimum atomic E-state index is -6.62. The summed E-state index contributed by atoms with van der Waals surface area (Å²) in [7, 11) is -6.62. The summed E-state index contributed by atoms with van der Waals surface area (Å²) in [5, 5.41) is 11.0. The van der Waals surface area contributed by atoms with E-state index in [0.29, 0.717) is 0 Å². The lowest BCUT2D eigenvalue weighted by atomic mass is 9.96. The topological polar surface area (TPSA) is 249 Å². The van der Waals surface area contributed by atoms with Crippen LogP contribution in [0.1, 0.15) is 48.4 Å². The van der Waals surface area contributed by atoms with Gasteiger partial charge in [0.1, 0.15) is 31.5 Å². The van der Waals surface area contributed by atoms with Crippen molar-refractivity contribution in [2.45, 2.75) is 94.6 Å². The van der Waals surface area contributed by atoms with Gasteiger partial charge < -0.3 is 47.7 Å². The third-order valence-electron chi connectivity index (χ3n) is 8.01. The number of ether oxygens (including phenoxy) is 9. The highest BCUT2D eigenvalue weighted by atomic mass is 32.2. The number of carbonyl (C=O) groups excluding carboxylic acids is 6. The molecule has 10 unspecified atom stereocenters. The summed E-state index contributed by atoms with van der Waals surface area (Å²) < 4.78 is 120. The maximum Gasteiger partial charge on any atom is 0.523 e. The summed E-state index contributed by atoms with van der Waals surface area (Å²) in [6.45, 7) is 2.00. The van der Waals surface area contributed by atoms with Gasteiger partial charge in [0.2, 0.25) is 0 Å². The van der Waals surface area contributed by atoms with Crippen LogP contribution in [0.25, 0.3) is 0 Å². The molecule has 23 heteroatoms. The smallest absolute Gasteiger partial charge is 0.463 e. The third kappa shape index (κ3) is 11.9. The predicted molar refractivity (Wildman–Crippen MR) is 180 cm³/mol. The highest BCUT2D eigenvalue weighted by molar-refractivity contribution is 7.87. The van der Waals surface area contributed by atoms with Gasteiger partial charge in [0.05, 0.1) is 11.1 Å². The number of hydrogen-bond donors (Lipinski definition) is 1. The van der Waals surface area contributed by atoms with E-state index in [0.717, 1.165) is 27.7 Å². The van der Waals surface area contributed by atoms with E-state index in [4.69, 9.17) is 42.6 Å². The molecule has 2 aromatic rings. The van der Waals surface area contributed by atoms with Gasteiger partial charge >= 0.3 is 51.4 Å². The zero-order chi connectivity index (χ0) is 42.9. The summed E-state index contributed by atoms with van der Waals surface area (Å²) >= 11 is 0. The summed E-state index contributed by atoms with van der Waals surface area (Å²) in [6.07, 6.45) is -21.5. The van der Waals surface area contributed by atoms with E-state index in [1.807, 2.05) is 0 Å². The first-order valence-electron chi connectivity index (χ1n) is 17.0. The van der Waals surface area contributed by atoms with E-state index in [-0.39, 0.29) is 11.1 Å². The Labute approximate surface area is 327 Å². The Hall–Kier alpha value is -5.20. The molecule has 4 rings (SSSR count). The van der Waals surface area contributed by atoms with Crippen LogP contribution in [0.15, 0.2) is 60.7 Å². The second kappa shape index (κ2) is 19.5. The van der Waals surface area contributed by atoms with Crippen LogP contribution >= 0.6 is 0 Å². The van der Waals surface area contributed by atoms with Crippen LogP contribution in [0.5, 0.6) is 0 Å². The molecule has 10 atom stereocenters. The first-order valence-corrected chi connectivity index (χ1v) is 18.4. The maximum atomic E-state index is 13.7. The molecule has 0 saturated carbocycles. The van der Waals surface area contributed by atoms with E-state index in [9.17, 15) is 55.5 Å². The quantitative estimate of drug-likeness (QED) is 0.122. The summed E-state index contributed by atoms with van der Waals surface area (Å²) in [6, 6.07) is 13.9. The van der Waals surface area contributed by atoms with Crippen molar-refractivity contribution in [1.82, 2.24) is 0 Å². The normalized spacial score (nSPS) is 27.3. The molecule has 0 aliphatic carbocycles. The third-order valence-corrected chi connectivity index (χ3v) is 9.05. The number of hydrogen-bond acceptors (Lipinski definition) is 19. The second-order valence-electron chi connectivity index (χ2n) is 12.4. The minimum Gasteiger partial charge on any atom is -0.463 e. The lowest BCUT2D eigenvalue weighted by Gasteiger charge is -2.48. The van der Waals surface area contributed by atoms with Gasteiger partial charge in [-0.25, -0.2) is 9.59 Å². The number of alkyl halides is 3. The van der Waals surface area contributed by atoms with E-state index < -0.39 is 126 Å².